The maximum Gasteiger partial charge on any atom is 0.251 e. The first-order valence-electron chi connectivity index (χ1n) is 6.78. The quantitative estimate of drug-likeness (QED) is 0.750. The second kappa shape index (κ2) is 7.81. The van der Waals surface area contributed by atoms with Gasteiger partial charge in [0.1, 0.15) is 0 Å². The van der Waals surface area contributed by atoms with Gasteiger partial charge in [-0.1, -0.05) is 25.8 Å². The molecule has 0 fully saturated rings. The third kappa shape index (κ3) is 4.88. The number of sulfonamides is 1. The molecule has 1 aromatic carbocycles. The van der Waals surface area contributed by atoms with Gasteiger partial charge in [0.2, 0.25) is 10.0 Å². The van der Waals surface area contributed by atoms with Gasteiger partial charge < -0.3 is 5.32 Å². The van der Waals surface area contributed by atoms with Gasteiger partial charge in [-0.05, 0) is 31.0 Å². The van der Waals surface area contributed by atoms with Crippen LogP contribution in [0.15, 0.2) is 29.2 Å². The fourth-order valence-electron chi connectivity index (χ4n) is 1.79. The van der Waals surface area contributed by atoms with Crippen molar-refractivity contribution in [1.82, 2.24) is 10.0 Å². The summed E-state index contributed by atoms with van der Waals surface area (Å²) in [4.78, 5) is 12.1. The largest absolute Gasteiger partial charge is 0.349 e. The number of carbonyl (C=O) groups is 1. The summed E-state index contributed by atoms with van der Waals surface area (Å²) in [6.45, 7) is 3.88. The van der Waals surface area contributed by atoms with Crippen molar-refractivity contribution in [2.75, 3.05) is 6.54 Å². The van der Waals surface area contributed by atoms with Gasteiger partial charge in [-0.15, -0.1) is 6.42 Å². The van der Waals surface area contributed by atoms with Crippen LogP contribution in [-0.4, -0.2) is 26.9 Å². The molecule has 0 saturated heterocycles. The van der Waals surface area contributed by atoms with Crippen LogP contribution in [0.4, 0.5) is 0 Å². The number of amides is 1. The van der Waals surface area contributed by atoms with E-state index in [1.807, 2.05) is 13.8 Å². The minimum absolute atomic E-state index is 0.0231. The number of hydrogen-bond donors (Lipinski definition) is 2. The first-order valence-corrected chi connectivity index (χ1v) is 8.27. The van der Waals surface area contributed by atoms with Gasteiger partial charge in [-0.25, -0.2) is 8.42 Å². The molecule has 5 nitrogen and oxygen atoms in total. The summed E-state index contributed by atoms with van der Waals surface area (Å²) >= 11 is 0. The average molecular weight is 308 g/mol. The lowest BCUT2D eigenvalue weighted by Crippen LogP contribution is -2.34. The van der Waals surface area contributed by atoms with E-state index in [0.29, 0.717) is 5.56 Å². The molecule has 21 heavy (non-hydrogen) atoms. The van der Waals surface area contributed by atoms with Crippen LogP contribution in [0.1, 0.15) is 37.0 Å². The molecular formula is C15H20N2O3S. The van der Waals surface area contributed by atoms with Crippen molar-refractivity contribution >= 4 is 15.9 Å². The van der Waals surface area contributed by atoms with Gasteiger partial charge >= 0.3 is 0 Å². The standard InChI is InChI=1S/C15H20N2O3S/c1-4-10-16-21(19,20)14-9-7-8-12(11-14)15(18)17-13(5-2)6-3/h1,7-9,11,13,16H,5-6,10H2,2-3H3,(H,17,18). The molecule has 0 atom stereocenters. The normalized spacial score (nSPS) is 11.1. The van der Waals surface area contributed by atoms with Gasteiger partial charge in [0, 0.05) is 11.6 Å². The molecule has 114 valence electrons. The fourth-order valence-corrected chi connectivity index (χ4v) is 2.77. The third-order valence-electron chi connectivity index (χ3n) is 3.09. The van der Waals surface area contributed by atoms with Gasteiger partial charge in [0.05, 0.1) is 11.4 Å². The Morgan fingerprint density at radius 3 is 2.57 bits per heavy atom. The molecule has 0 spiro atoms. The zero-order chi connectivity index (χ0) is 15.9. The smallest absolute Gasteiger partial charge is 0.251 e. The summed E-state index contributed by atoms with van der Waals surface area (Å²) in [5.41, 5.74) is 0.311. The number of hydrogen-bond acceptors (Lipinski definition) is 3. The number of nitrogens with one attached hydrogen (secondary N) is 2. The summed E-state index contributed by atoms with van der Waals surface area (Å²) in [5.74, 6) is 1.92. The second-order valence-electron chi connectivity index (χ2n) is 4.54. The van der Waals surface area contributed by atoms with E-state index in [-0.39, 0.29) is 23.4 Å². The van der Waals surface area contributed by atoms with Crippen LogP contribution >= 0.6 is 0 Å². The van der Waals surface area contributed by atoms with Crippen molar-refractivity contribution < 1.29 is 13.2 Å². The molecule has 0 aromatic heterocycles. The number of carbonyl (C=O) groups excluding carboxylic acids is 1. The van der Waals surface area contributed by atoms with Gasteiger partial charge in [0.25, 0.3) is 5.91 Å². The molecule has 1 rings (SSSR count). The van der Waals surface area contributed by atoms with Crippen molar-refractivity contribution in [3.63, 3.8) is 0 Å². The molecule has 0 unspecified atom stereocenters. The lowest BCUT2D eigenvalue weighted by molar-refractivity contribution is 0.0934. The number of benzene rings is 1. The Morgan fingerprint density at radius 1 is 1.33 bits per heavy atom. The molecule has 0 bridgehead atoms. The Labute approximate surface area is 126 Å². The highest BCUT2D eigenvalue weighted by Crippen LogP contribution is 2.12. The molecule has 0 saturated carbocycles. The Bertz CT molecular complexity index is 629. The minimum Gasteiger partial charge on any atom is -0.349 e. The Kier molecular flexibility index (Phi) is 6.40. The maximum absolute atomic E-state index is 12.1. The van der Waals surface area contributed by atoms with E-state index in [0.717, 1.165) is 12.8 Å². The van der Waals surface area contributed by atoms with E-state index in [2.05, 4.69) is 16.0 Å². The van der Waals surface area contributed by atoms with Crippen LogP contribution in [0.3, 0.4) is 0 Å². The summed E-state index contributed by atoms with van der Waals surface area (Å²) in [6.07, 6.45) is 6.68. The zero-order valence-electron chi connectivity index (χ0n) is 12.2. The maximum atomic E-state index is 12.1. The molecule has 1 amide bonds. The lowest BCUT2D eigenvalue weighted by Gasteiger charge is -2.15. The minimum atomic E-state index is -3.69. The third-order valence-corrected chi connectivity index (χ3v) is 4.49. The average Bonchev–Trinajstić information content (AvgIpc) is 2.50. The van der Waals surface area contributed by atoms with Crippen molar-refractivity contribution in [3.8, 4) is 12.3 Å². The Hall–Kier alpha value is -1.84. The first kappa shape index (κ1) is 17.2. The van der Waals surface area contributed by atoms with Gasteiger partial charge in [-0.3, -0.25) is 4.79 Å². The van der Waals surface area contributed by atoms with Crippen molar-refractivity contribution in [2.24, 2.45) is 0 Å². The van der Waals surface area contributed by atoms with Crippen LogP contribution in [0.25, 0.3) is 0 Å². The van der Waals surface area contributed by atoms with Crippen LogP contribution in [-0.2, 0) is 10.0 Å². The van der Waals surface area contributed by atoms with Crippen molar-refractivity contribution in [2.45, 2.75) is 37.6 Å². The van der Waals surface area contributed by atoms with Gasteiger partial charge in [-0.2, -0.15) is 4.72 Å². The highest BCUT2D eigenvalue weighted by molar-refractivity contribution is 7.89. The molecule has 0 aliphatic rings. The monoisotopic (exact) mass is 308 g/mol. The van der Waals surface area contributed by atoms with Crippen LogP contribution < -0.4 is 10.0 Å². The lowest BCUT2D eigenvalue weighted by atomic mass is 10.1. The van der Waals surface area contributed by atoms with E-state index >= 15 is 0 Å². The second-order valence-corrected chi connectivity index (χ2v) is 6.31. The fraction of sp³-hybridized carbons (Fsp3) is 0.400. The molecule has 2 N–H and O–H groups in total. The van der Waals surface area contributed by atoms with E-state index in [9.17, 15) is 13.2 Å². The summed E-state index contributed by atoms with van der Waals surface area (Å²) in [5, 5.41) is 2.87. The van der Waals surface area contributed by atoms with E-state index in [4.69, 9.17) is 6.42 Å². The predicted octanol–water partition coefficient (Wildman–Crippen LogP) is 1.52. The molecule has 6 heteroatoms. The number of rotatable bonds is 7. The van der Waals surface area contributed by atoms with Gasteiger partial charge in [0.15, 0.2) is 0 Å². The predicted molar refractivity (Wildman–Crippen MR) is 82.3 cm³/mol. The first-order chi connectivity index (χ1) is 9.94. The van der Waals surface area contributed by atoms with Crippen LogP contribution in [0.5, 0.6) is 0 Å². The van der Waals surface area contributed by atoms with E-state index in [1.54, 1.807) is 6.07 Å². The van der Waals surface area contributed by atoms with E-state index in [1.165, 1.54) is 18.2 Å². The molecular weight excluding hydrogens is 288 g/mol. The highest BCUT2D eigenvalue weighted by atomic mass is 32.2. The van der Waals surface area contributed by atoms with Crippen LogP contribution in [0, 0.1) is 12.3 Å². The molecule has 0 aliphatic carbocycles. The molecule has 0 heterocycles. The van der Waals surface area contributed by atoms with E-state index < -0.39 is 10.0 Å². The summed E-state index contributed by atoms with van der Waals surface area (Å²) in [7, 11) is -3.69. The zero-order valence-corrected chi connectivity index (χ0v) is 13.0. The topological polar surface area (TPSA) is 75.3 Å². The SMILES string of the molecule is C#CCNS(=O)(=O)c1cccc(C(=O)NC(CC)CC)c1. The Balaban J connectivity index is 2.96. The molecule has 0 radical (unpaired) electrons. The Morgan fingerprint density at radius 2 is 2.00 bits per heavy atom. The van der Waals surface area contributed by atoms with Crippen molar-refractivity contribution in [3.05, 3.63) is 29.8 Å². The summed E-state index contributed by atoms with van der Waals surface area (Å²) < 4.78 is 26.2. The highest BCUT2D eigenvalue weighted by Gasteiger charge is 2.16. The molecule has 0 aliphatic heterocycles. The number of terminal acetylenes is 1. The van der Waals surface area contributed by atoms with Crippen LogP contribution in [0.2, 0.25) is 0 Å². The molecule has 1 aromatic rings. The summed E-state index contributed by atoms with van der Waals surface area (Å²) in [6, 6.07) is 5.96. The van der Waals surface area contributed by atoms with Crippen molar-refractivity contribution in [1.29, 1.82) is 0 Å².